The molecule has 0 aliphatic heterocycles. The highest BCUT2D eigenvalue weighted by Gasteiger charge is 2.37. The second-order valence-electron chi connectivity index (χ2n) is 6.24. The molecule has 0 unspecified atom stereocenters. The first kappa shape index (κ1) is 14.2. The SMILES string of the molecule is C#CCNC(=O)CN(Cc1ccc([C@@H]2C[C@@H]2C)o1)C1CC1. The quantitative estimate of drug-likeness (QED) is 0.781. The Morgan fingerprint density at radius 1 is 1.52 bits per heavy atom. The second kappa shape index (κ2) is 5.95. The number of nitrogens with one attached hydrogen (secondary N) is 1. The molecule has 0 aromatic carbocycles. The Kier molecular flexibility index (Phi) is 4.03. The fraction of sp³-hybridized carbons (Fsp3) is 0.588. The lowest BCUT2D eigenvalue weighted by Crippen LogP contribution is -2.38. The molecule has 21 heavy (non-hydrogen) atoms. The van der Waals surface area contributed by atoms with Crippen molar-refractivity contribution in [2.45, 2.75) is 44.7 Å². The van der Waals surface area contributed by atoms with Gasteiger partial charge in [0.2, 0.25) is 5.91 Å². The van der Waals surface area contributed by atoms with E-state index in [0.717, 1.165) is 30.3 Å². The molecule has 1 heterocycles. The fourth-order valence-corrected chi connectivity index (χ4v) is 2.74. The van der Waals surface area contributed by atoms with Gasteiger partial charge in [-0.25, -0.2) is 0 Å². The Morgan fingerprint density at radius 2 is 2.29 bits per heavy atom. The van der Waals surface area contributed by atoms with Crippen LogP contribution in [0.4, 0.5) is 0 Å². The van der Waals surface area contributed by atoms with E-state index in [2.05, 4.69) is 35.2 Å². The van der Waals surface area contributed by atoms with E-state index in [1.54, 1.807) is 0 Å². The summed E-state index contributed by atoms with van der Waals surface area (Å²) >= 11 is 0. The zero-order chi connectivity index (χ0) is 14.8. The van der Waals surface area contributed by atoms with E-state index >= 15 is 0 Å². The Bertz CT molecular complexity index is 553. The predicted octanol–water partition coefficient (Wildman–Crippen LogP) is 2.12. The molecule has 0 radical (unpaired) electrons. The molecule has 2 atom stereocenters. The number of carbonyl (C=O) groups excluding carboxylic acids is 1. The van der Waals surface area contributed by atoms with Crippen LogP contribution in [0.5, 0.6) is 0 Å². The zero-order valence-corrected chi connectivity index (χ0v) is 12.5. The van der Waals surface area contributed by atoms with Gasteiger partial charge in [0.25, 0.3) is 0 Å². The van der Waals surface area contributed by atoms with E-state index in [1.165, 1.54) is 6.42 Å². The van der Waals surface area contributed by atoms with Crippen molar-refractivity contribution in [3.63, 3.8) is 0 Å². The number of rotatable bonds is 7. The van der Waals surface area contributed by atoms with Crippen molar-refractivity contribution in [3.8, 4) is 12.3 Å². The molecular weight excluding hydrogens is 264 g/mol. The molecule has 3 rings (SSSR count). The molecule has 4 heteroatoms. The number of terminal acetylenes is 1. The monoisotopic (exact) mass is 286 g/mol. The van der Waals surface area contributed by atoms with Crippen LogP contribution in [0.2, 0.25) is 0 Å². The Labute approximate surface area is 125 Å². The van der Waals surface area contributed by atoms with Crippen LogP contribution in [0.1, 0.15) is 43.6 Å². The summed E-state index contributed by atoms with van der Waals surface area (Å²) in [5.41, 5.74) is 0. The van der Waals surface area contributed by atoms with Crippen LogP contribution < -0.4 is 5.32 Å². The summed E-state index contributed by atoms with van der Waals surface area (Å²) in [7, 11) is 0. The van der Waals surface area contributed by atoms with Gasteiger partial charge in [0.15, 0.2) is 0 Å². The van der Waals surface area contributed by atoms with Gasteiger partial charge in [-0.15, -0.1) is 6.42 Å². The van der Waals surface area contributed by atoms with E-state index in [4.69, 9.17) is 10.8 Å². The molecule has 1 N–H and O–H groups in total. The van der Waals surface area contributed by atoms with Crippen LogP contribution >= 0.6 is 0 Å². The summed E-state index contributed by atoms with van der Waals surface area (Å²) in [6.45, 7) is 3.64. The highest BCUT2D eigenvalue weighted by Crippen LogP contribution is 2.47. The van der Waals surface area contributed by atoms with Crippen LogP contribution in [0.25, 0.3) is 0 Å². The van der Waals surface area contributed by atoms with Crippen molar-refractivity contribution < 1.29 is 9.21 Å². The van der Waals surface area contributed by atoms with Crippen molar-refractivity contribution in [1.82, 2.24) is 10.2 Å². The lowest BCUT2D eigenvalue weighted by Gasteiger charge is -2.19. The van der Waals surface area contributed by atoms with Crippen molar-refractivity contribution in [1.29, 1.82) is 0 Å². The number of carbonyl (C=O) groups is 1. The first-order chi connectivity index (χ1) is 10.2. The van der Waals surface area contributed by atoms with Crippen LogP contribution in [0.3, 0.4) is 0 Å². The first-order valence-corrected chi connectivity index (χ1v) is 7.70. The normalized spacial score (nSPS) is 23.9. The summed E-state index contributed by atoms with van der Waals surface area (Å²) in [6, 6.07) is 4.65. The average Bonchev–Trinajstić information content (AvgIpc) is 3.37. The summed E-state index contributed by atoms with van der Waals surface area (Å²) in [5.74, 6) is 5.83. The predicted molar refractivity (Wildman–Crippen MR) is 80.5 cm³/mol. The number of hydrogen-bond donors (Lipinski definition) is 1. The van der Waals surface area contributed by atoms with Crippen molar-refractivity contribution >= 4 is 5.91 Å². The van der Waals surface area contributed by atoms with E-state index < -0.39 is 0 Å². The number of amides is 1. The smallest absolute Gasteiger partial charge is 0.234 e. The molecule has 2 aliphatic carbocycles. The molecule has 2 aliphatic rings. The van der Waals surface area contributed by atoms with Crippen molar-refractivity contribution in [3.05, 3.63) is 23.7 Å². The van der Waals surface area contributed by atoms with Crippen LogP contribution in [0, 0.1) is 18.3 Å². The fourth-order valence-electron chi connectivity index (χ4n) is 2.74. The summed E-state index contributed by atoms with van der Waals surface area (Å²) in [6.07, 6.45) is 8.71. The minimum atomic E-state index is -0.0116. The van der Waals surface area contributed by atoms with E-state index in [0.29, 0.717) is 31.6 Å². The average molecular weight is 286 g/mol. The van der Waals surface area contributed by atoms with Gasteiger partial charge in [-0.1, -0.05) is 12.8 Å². The van der Waals surface area contributed by atoms with Crippen LogP contribution in [-0.4, -0.2) is 29.9 Å². The van der Waals surface area contributed by atoms with Gasteiger partial charge in [0, 0.05) is 12.0 Å². The lowest BCUT2D eigenvalue weighted by molar-refractivity contribution is -0.122. The highest BCUT2D eigenvalue weighted by molar-refractivity contribution is 5.78. The molecule has 4 nitrogen and oxygen atoms in total. The summed E-state index contributed by atoms with van der Waals surface area (Å²) in [5, 5.41) is 2.72. The zero-order valence-electron chi connectivity index (χ0n) is 12.5. The maximum atomic E-state index is 11.8. The molecule has 1 amide bonds. The van der Waals surface area contributed by atoms with Gasteiger partial charge in [-0.3, -0.25) is 9.69 Å². The van der Waals surface area contributed by atoms with Crippen LogP contribution in [0.15, 0.2) is 16.5 Å². The van der Waals surface area contributed by atoms with E-state index in [-0.39, 0.29) is 5.91 Å². The first-order valence-electron chi connectivity index (χ1n) is 7.70. The molecular formula is C17H22N2O2. The third kappa shape index (κ3) is 3.68. The molecule has 0 saturated heterocycles. The number of furan rings is 1. The molecule has 112 valence electrons. The Balaban J connectivity index is 1.56. The van der Waals surface area contributed by atoms with Crippen molar-refractivity contribution in [2.75, 3.05) is 13.1 Å². The minimum absolute atomic E-state index is 0.0116. The largest absolute Gasteiger partial charge is 0.464 e. The highest BCUT2D eigenvalue weighted by atomic mass is 16.3. The molecule has 0 bridgehead atoms. The molecule has 2 fully saturated rings. The third-order valence-corrected chi connectivity index (χ3v) is 4.31. The summed E-state index contributed by atoms with van der Waals surface area (Å²) < 4.78 is 5.94. The maximum absolute atomic E-state index is 11.8. The number of hydrogen-bond acceptors (Lipinski definition) is 3. The topological polar surface area (TPSA) is 45.5 Å². The minimum Gasteiger partial charge on any atom is -0.464 e. The third-order valence-electron chi connectivity index (χ3n) is 4.31. The Hall–Kier alpha value is -1.73. The molecule has 0 spiro atoms. The van der Waals surface area contributed by atoms with Crippen molar-refractivity contribution in [2.24, 2.45) is 5.92 Å². The molecule has 1 aromatic rings. The second-order valence-corrected chi connectivity index (χ2v) is 6.24. The maximum Gasteiger partial charge on any atom is 0.234 e. The number of nitrogens with zero attached hydrogens (tertiary/aromatic N) is 1. The van der Waals surface area contributed by atoms with E-state index in [1.807, 2.05) is 0 Å². The van der Waals surface area contributed by atoms with Gasteiger partial charge < -0.3 is 9.73 Å². The van der Waals surface area contributed by atoms with Gasteiger partial charge in [-0.2, -0.15) is 0 Å². The molecule has 1 aromatic heterocycles. The Morgan fingerprint density at radius 3 is 2.90 bits per heavy atom. The van der Waals surface area contributed by atoms with E-state index in [9.17, 15) is 4.79 Å². The molecule has 2 saturated carbocycles. The standard InChI is InChI=1S/C17H22N2O2/c1-3-8-18-17(20)11-19(13-4-5-13)10-14-6-7-16(21-14)15-9-12(15)2/h1,6-7,12-13,15H,4-5,8-11H2,2H3,(H,18,20)/t12-,15+/m0/s1. The summed E-state index contributed by atoms with van der Waals surface area (Å²) in [4.78, 5) is 14.0. The van der Waals surface area contributed by atoms with Gasteiger partial charge in [-0.05, 0) is 37.3 Å². The van der Waals surface area contributed by atoms with Gasteiger partial charge in [0.05, 0.1) is 19.6 Å². The lowest BCUT2D eigenvalue weighted by atomic mass is 10.3. The van der Waals surface area contributed by atoms with Gasteiger partial charge in [0.1, 0.15) is 11.5 Å². The van der Waals surface area contributed by atoms with Crippen LogP contribution in [-0.2, 0) is 11.3 Å². The van der Waals surface area contributed by atoms with Gasteiger partial charge >= 0.3 is 0 Å².